The van der Waals surface area contributed by atoms with Gasteiger partial charge in [-0.2, -0.15) is 0 Å². The van der Waals surface area contributed by atoms with Crippen LogP contribution >= 0.6 is 11.6 Å². The number of carbonyl (C=O) groups is 1. The second-order valence-corrected chi connectivity index (χ2v) is 9.19. The van der Waals surface area contributed by atoms with Crippen molar-refractivity contribution >= 4 is 28.5 Å². The van der Waals surface area contributed by atoms with E-state index >= 15 is 0 Å². The minimum Gasteiger partial charge on any atom is -0.376 e. The van der Waals surface area contributed by atoms with Crippen molar-refractivity contribution in [2.24, 2.45) is 0 Å². The summed E-state index contributed by atoms with van der Waals surface area (Å²) in [4.78, 5) is 19.3. The van der Waals surface area contributed by atoms with E-state index in [2.05, 4.69) is 43.3 Å². The first-order chi connectivity index (χ1) is 14.8. The molecule has 1 fully saturated rings. The Bertz CT molecular complexity index is 1110. The van der Waals surface area contributed by atoms with Crippen LogP contribution in [0.4, 0.5) is 0 Å². The summed E-state index contributed by atoms with van der Waals surface area (Å²) < 4.78 is 10.1. The highest BCUT2D eigenvalue weighted by atomic mass is 35.5. The van der Waals surface area contributed by atoms with E-state index in [4.69, 9.17) is 16.3 Å². The predicted octanol–water partition coefficient (Wildman–Crippen LogP) is 5.14. The fourth-order valence-electron chi connectivity index (χ4n) is 4.55. The Hall–Kier alpha value is -2.31. The van der Waals surface area contributed by atoms with Crippen LogP contribution in [0, 0.1) is 13.8 Å². The quantitative estimate of drug-likeness (QED) is 0.531. The molecule has 0 radical (unpaired) electrons. The smallest absolute Gasteiger partial charge is 0.253 e. The molecule has 4 rings (SSSR count). The summed E-state index contributed by atoms with van der Waals surface area (Å²) in [6.45, 7) is 10.7. The fourth-order valence-corrected chi connectivity index (χ4v) is 4.92. The van der Waals surface area contributed by atoms with Gasteiger partial charge in [0.05, 0.1) is 17.1 Å². The van der Waals surface area contributed by atoms with Crippen molar-refractivity contribution in [1.82, 2.24) is 19.0 Å². The molecule has 3 heterocycles. The zero-order valence-corrected chi connectivity index (χ0v) is 19.7. The van der Waals surface area contributed by atoms with E-state index in [1.165, 1.54) is 17.0 Å². The maximum Gasteiger partial charge on any atom is 0.253 e. The molecule has 1 aliphatic heterocycles. The lowest BCUT2D eigenvalue weighted by atomic mass is 10.1. The summed E-state index contributed by atoms with van der Waals surface area (Å²) in [6, 6.07) is 8.01. The molecule has 1 amide bonds. The van der Waals surface area contributed by atoms with Crippen molar-refractivity contribution in [3.8, 4) is 0 Å². The van der Waals surface area contributed by atoms with E-state index in [1.54, 1.807) is 4.90 Å². The molecule has 31 heavy (non-hydrogen) atoms. The van der Waals surface area contributed by atoms with Crippen molar-refractivity contribution in [2.45, 2.75) is 65.8 Å². The first kappa shape index (κ1) is 21.9. The van der Waals surface area contributed by atoms with E-state index in [-0.39, 0.29) is 11.9 Å². The Morgan fingerprint density at radius 3 is 2.77 bits per heavy atom. The van der Waals surface area contributed by atoms with E-state index in [0.717, 1.165) is 37.0 Å². The second-order valence-electron chi connectivity index (χ2n) is 8.85. The SMILES string of the molecule is Cc1cc(CN(C)C(=O)c2ccc3c(c2)nc(Cl)n3C(C)C)c(C)n1C[C@H]1CCCO1. The molecule has 0 unspecified atom stereocenters. The Kier molecular flexibility index (Phi) is 6.13. The van der Waals surface area contributed by atoms with Gasteiger partial charge in [-0.3, -0.25) is 4.79 Å². The molecule has 2 aromatic heterocycles. The van der Waals surface area contributed by atoms with E-state index in [1.807, 2.05) is 29.8 Å². The zero-order valence-electron chi connectivity index (χ0n) is 19.0. The van der Waals surface area contributed by atoms with Crippen LogP contribution in [0.2, 0.25) is 5.28 Å². The summed E-state index contributed by atoms with van der Waals surface area (Å²) >= 11 is 6.30. The monoisotopic (exact) mass is 442 g/mol. The van der Waals surface area contributed by atoms with Gasteiger partial charge in [0, 0.05) is 49.7 Å². The molecule has 7 heteroatoms. The van der Waals surface area contributed by atoms with Crippen LogP contribution < -0.4 is 0 Å². The number of hydrogen-bond acceptors (Lipinski definition) is 3. The van der Waals surface area contributed by atoms with Gasteiger partial charge >= 0.3 is 0 Å². The molecule has 1 aliphatic rings. The predicted molar refractivity (Wildman–Crippen MR) is 124 cm³/mol. The maximum atomic E-state index is 13.1. The van der Waals surface area contributed by atoms with E-state index in [9.17, 15) is 4.79 Å². The summed E-state index contributed by atoms with van der Waals surface area (Å²) in [6.07, 6.45) is 2.55. The van der Waals surface area contributed by atoms with Crippen molar-refractivity contribution in [3.05, 3.63) is 52.1 Å². The Morgan fingerprint density at radius 2 is 2.10 bits per heavy atom. The molecule has 0 aliphatic carbocycles. The van der Waals surface area contributed by atoms with E-state index in [0.29, 0.717) is 23.5 Å². The fraction of sp³-hybridized carbons (Fsp3) is 0.500. The Balaban J connectivity index is 1.52. The average Bonchev–Trinajstić information content (AvgIpc) is 3.41. The van der Waals surface area contributed by atoms with Gasteiger partial charge in [-0.25, -0.2) is 4.98 Å². The zero-order chi connectivity index (χ0) is 22.3. The van der Waals surface area contributed by atoms with Crippen LogP contribution in [0.15, 0.2) is 24.3 Å². The van der Waals surface area contributed by atoms with E-state index < -0.39 is 0 Å². The van der Waals surface area contributed by atoms with Gasteiger partial charge in [-0.05, 0) is 82.0 Å². The van der Waals surface area contributed by atoms with Crippen LogP contribution in [0.5, 0.6) is 0 Å². The first-order valence-corrected chi connectivity index (χ1v) is 11.3. The number of carbonyl (C=O) groups excluding carboxylic acids is 1. The standard InChI is InChI=1S/C24H31ClN4O2/c1-15(2)29-22-9-8-18(12-21(22)26-24(29)25)23(30)27(5)13-19-11-16(3)28(17(19)4)14-20-7-6-10-31-20/h8-9,11-12,15,20H,6-7,10,13-14H2,1-5H3/t20-/m1/s1. The summed E-state index contributed by atoms with van der Waals surface area (Å²) in [5.74, 6) is -0.0268. The van der Waals surface area contributed by atoms with Crippen molar-refractivity contribution in [1.29, 1.82) is 0 Å². The molecule has 6 nitrogen and oxygen atoms in total. The highest BCUT2D eigenvalue weighted by Crippen LogP contribution is 2.26. The van der Waals surface area contributed by atoms with Crippen LogP contribution in [-0.2, 0) is 17.8 Å². The van der Waals surface area contributed by atoms with Gasteiger partial charge in [0.1, 0.15) is 0 Å². The van der Waals surface area contributed by atoms with Gasteiger partial charge < -0.3 is 18.8 Å². The third-order valence-electron chi connectivity index (χ3n) is 6.25. The molecule has 1 aromatic carbocycles. The number of nitrogens with zero attached hydrogens (tertiary/aromatic N) is 4. The topological polar surface area (TPSA) is 52.3 Å². The Morgan fingerprint density at radius 1 is 1.32 bits per heavy atom. The second kappa shape index (κ2) is 8.67. The molecular weight excluding hydrogens is 412 g/mol. The lowest BCUT2D eigenvalue weighted by Gasteiger charge is -2.18. The van der Waals surface area contributed by atoms with Crippen molar-refractivity contribution in [3.63, 3.8) is 0 Å². The lowest BCUT2D eigenvalue weighted by molar-refractivity contribution is 0.0784. The molecule has 0 spiro atoms. The average molecular weight is 443 g/mol. The summed E-state index contributed by atoms with van der Waals surface area (Å²) in [5.41, 5.74) is 5.88. The van der Waals surface area contributed by atoms with Crippen molar-refractivity contribution in [2.75, 3.05) is 13.7 Å². The molecule has 3 aromatic rings. The van der Waals surface area contributed by atoms with Crippen molar-refractivity contribution < 1.29 is 9.53 Å². The third kappa shape index (κ3) is 4.23. The normalized spacial score (nSPS) is 16.5. The molecule has 1 saturated heterocycles. The number of amides is 1. The minimum atomic E-state index is -0.0268. The first-order valence-electron chi connectivity index (χ1n) is 11.0. The molecule has 0 bridgehead atoms. The van der Waals surface area contributed by atoms with Gasteiger partial charge in [-0.15, -0.1) is 0 Å². The summed E-state index contributed by atoms with van der Waals surface area (Å²) in [7, 11) is 1.85. The van der Waals surface area contributed by atoms with Gasteiger partial charge in [0.15, 0.2) is 0 Å². The number of ether oxygens (including phenoxy) is 1. The van der Waals surface area contributed by atoms with Gasteiger partial charge in [-0.1, -0.05) is 0 Å². The lowest BCUT2D eigenvalue weighted by Crippen LogP contribution is -2.26. The third-order valence-corrected chi connectivity index (χ3v) is 6.52. The molecule has 166 valence electrons. The number of benzene rings is 1. The maximum absolute atomic E-state index is 13.1. The van der Waals surface area contributed by atoms with Crippen LogP contribution in [0.25, 0.3) is 11.0 Å². The molecule has 0 N–H and O–H groups in total. The molecule has 1 atom stereocenters. The Labute approximate surface area is 188 Å². The van der Waals surface area contributed by atoms with Crippen LogP contribution in [0.1, 0.15) is 60.0 Å². The van der Waals surface area contributed by atoms with Gasteiger partial charge in [0.25, 0.3) is 5.91 Å². The van der Waals surface area contributed by atoms with Crippen LogP contribution in [-0.4, -0.2) is 44.7 Å². The minimum absolute atomic E-state index is 0.0268. The number of hydrogen-bond donors (Lipinski definition) is 0. The number of imidazole rings is 1. The van der Waals surface area contributed by atoms with Crippen LogP contribution in [0.3, 0.4) is 0 Å². The highest BCUT2D eigenvalue weighted by Gasteiger charge is 2.21. The number of fused-ring (bicyclic) bond motifs is 1. The number of rotatable bonds is 6. The number of aryl methyl sites for hydroxylation is 1. The number of halogens is 1. The molecular formula is C24H31ClN4O2. The van der Waals surface area contributed by atoms with Gasteiger partial charge in [0.2, 0.25) is 5.28 Å². The summed E-state index contributed by atoms with van der Waals surface area (Å²) in [5, 5.41) is 0.446. The molecule has 0 saturated carbocycles. The largest absolute Gasteiger partial charge is 0.376 e. The highest BCUT2D eigenvalue weighted by molar-refractivity contribution is 6.29. The number of aromatic nitrogens is 3.